The van der Waals surface area contributed by atoms with Crippen molar-refractivity contribution in [3.63, 3.8) is 0 Å². The van der Waals surface area contributed by atoms with E-state index in [4.69, 9.17) is 11.6 Å². The molecule has 1 heterocycles. The van der Waals surface area contributed by atoms with Gasteiger partial charge >= 0.3 is 0 Å². The molecule has 3 rings (SSSR count). The molecular formula is C16H17ClN2. The lowest BCUT2D eigenvalue weighted by molar-refractivity contribution is 0.410. The second kappa shape index (κ2) is 5.32. The van der Waals surface area contributed by atoms with Crippen molar-refractivity contribution in [1.82, 2.24) is 10.3 Å². The molecular weight excluding hydrogens is 256 g/mol. The van der Waals surface area contributed by atoms with E-state index >= 15 is 0 Å². The van der Waals surface area contributed by atoms with Crippen molar-refractivity contribution in [3.8, 4) is 0 Å². The van der Waals surface area contributed by atoms with Gasteiger partial charge in [-0.15, -0.1) is 0 Å². The van der Waals surface area contributed by atoms with Crippen molar-refractivity contribution in [2.75, 3.05) is 7.05 Å². The Morgan fingerprint density at radius 1 is 1.32 bits per heavy atom. The first-order valence-electron chi connectivity index (χ1n) is 6.63. The van der Waals surface area contributed by atoms with Gasteiger partial charge < -0.3 is 5.32 Å². The molecule has 0 amide bonds. The van der Waals surface area contributed by atoms with Crippen molar-refractivity contribution in [2.24, 2.45) is 5.92 Å². The number of hydrogen-bond donors (Lipinski definition) is 1. The third-order valence-corrected chi connectivity index (χ3v) is 4.33. The molecule has 98 valence electrons. The standard InChI is InChI=1S/C16H17ClN2/c1-18-16-13(8-11-4-2-3-5-14(11)16)9-12-6-7-19-10-15(12)17/h2-7,10,13,16,18H,8-9H2,1H3. The molecule has 1 N–H and O–H groups in total. The van der Waals surface area contributed by atoms with Crippen LogP contribution >= 0.6 is 11.6 Å². The van der Waals surface area contributed by atoms with Crippen LogP contribution in [0, 0.1) is 5.92 Å². The predicted molar refractivity (Wildman–Crippen MR) is 78.4 cm³/mol. The number of fused-ring (bicyclic) bond motifs is 1. The fourth-order valence-corrected chi connectivity index (χ4v) is 3.31. The number of aromatic nitrogens is 1. The maximum Gasteiger partial charge on any atom is 0.0621 e. The molecule has 19 heavy (non-hydrogen) atoms. The lowest BCUT2D eigenvalue weighted by Crippen LogP contribution is -2.23. The van der Waals surface area contributed by atoms with Crippen molar-refractivity contribution in [2.45, 2.75) is 18.9 Å². The molecule has 0 radical (unpaired) electrons. The Balaban J connectivity index is 1.86. The molecule has 1 aliphatic rings. The van der Waals surface area contributed by atoms with Gasteiger partial charge in [0, 0.05) is 18.4 Å². The Hall–Kier alpha value is -1.38. The molecule has 2 unspecified atom stereocenters. The van der Waals surface area contributed by atoms with E-state index in [1.54, 1.807) is 6.20 Å². The Morgan fingerprint density at radius 3 is 2.95 bits per heavy atom. The van der Waals surface area contributed by atoms with Gasteiger partial charge in [-0.05, 0) is 48.6 Å². The van der Waals surface area contributed by atoms with Crippen LogP contribution in [0.2, 0.25) is 5.02 Å². The van der Waals surface area contributed by atoms with E-state index in [1.807, 2.05) is 19.3 Å². The van der Waals surface area contributed by atoms with Gasteiger partial charge in [-0.3, -0.25) is 4.98 Å². The molecule has 2 nitrogen and oxygen atoms in total. The third kappa shape index (κ3) is 2.38. The minimum atomic E-state index is 0.417. The summed E-state index contributed by atoms with van der Waals surface area (Å²) < 4.78 is 0. The Morgan fingerprint density at radius 2 is 2.16 bits per heavy atom. The van der Waals surface area contributed by atoms with Crippen LogP contribution in [0.1, 0.15) is 22.7 Å². The average Bonchev–Trinajstić information content (AvgIpc) is 2.78. The summed E-state index contributed by atoms with van der Waals surface area (Å²) in [6, 6.07) is 11.1. The molecule has 1 aliphatic carbocycles. The SMILES string of the molecule is CNC1c2ccccc2CC1Cc1ccncc1Cl. The number of hydrogen-bond acceptors (Lipinski definition) is 2. The quantitative estimate of drug-likeness (QED) is 0.926. The molecule has 0 aliphatic heterocycles. The normalized spacial score (nSPS) is 21.4. The number of nitrogens with one attached hydrogen (secondary N) is 1. The first kappa shape index (κ1) is 12.6. The van der Waals surface area contributed by atoms with Gasteiger partial charge in [0.25, 0.3) is 0 Å². The van der Waals surface area contributed by atoms with Gasteiger partial charge in [0.2, 0.25) is 0 Å². The van der Waals surface area contributed by atoms with E-state index in [2.05, 4.69) is 34.6 Å². The second-order valence-corrected chi connectivity index (χ2v) is 5.51. The van der Waals surface area contributed by atoms with Crippen LogP contribution in [-0.4, -0.2) is 12.0 Å². The first-order valence-corrected chi connectivity index (χ1v) is 7.01. The summed E-state index contributed by atoms with van der Waals surface area (Å²) in [4.78, 5) is 4.05. The zero-order chi connectivity index (χ0) is 13.2. The second-order valence-electron chi connectivity index (χ2n) is 5.10. The molecule has 0 bridgehead atoms. The predicted octanol–water partition coefficient (Wildman–Crippen LogP) is 3.41. The van der Waals surface area contributed by atoms with Crippen LogP contribution in [0.25, 0.3) is 0 Å². The highest BCUT2D eigenvalue weighted by atomic mass is 35.5. The van der Waals surface area contributed by atoms with Crippen LogP contribution < -0.4 is 5.32 Å². The molecule has 2 aromatic rings. The van der Waals surface area contributed by atoms with Crippen LogP contribution in [-0.2, 0) is 12.8 Å². The highest BCUT2D eigenvalue weighted by Crippen LogP contribution is 2.38. The Kier molecular flexibility index (Phi) is 3.54. The summed E-state index contributed by atoms with van der Waals surface area (Å²) in [5.41, 5.74) is 4.08. The topological polar surface area (TPSA) is 24.9 Å². The number of nitrogens with zero attached hydrogens (tertiary/aromatic N) is 1. The average molecular weight is 273 g/mol. The molecule has 0 saturated carbocycles. The van der Waals surface area contributed by atoms with Gasteiger partial charge in [-0.2, -0.15) is 0 Å². The number of rotatable bonds is 3. The fourth-order valence-electron chi connectivity index (χ4n) is 3.11. The Bertz CT molecular complexity index is 582. The summed E-state index contributed by atoms with van der Waals surface area (Å²) in [5.74, 6) is 0.558. The molecule has 0 saturated heterocycles. The van der Waals surface area contributed by atoms with Gasteiger partial charge in [0.1, 0.15) is 0 Å². The van der Waals surface area contributed by atoms with Gasteiger partial charge in [-0.1, -0.05) is 35.9 Å². The van der Waals surface area contributed by atoms with Crippen molar-refractivity contribution >= 4 is 11.6 Å². The molecule has 0 spiro atoms. The van der Waals surface area contributed by atoms with Crippen molar-refractivity contribution < 1.29 is 0 Å². The first-order chi connectivity index (χ1) is 9.29. The van der Waals surface area contributed by atoms with Crippen molar-refractivity contribution in [3.05, 3.63) is 64.4 Å². The van der Waals surface area contributed by atoms with E-state index in [0.29, 0.717) is 12.0 Å². The lowest BCUT2D eigenvalue weighted by Gasteiger charge is -2.20. The van der Waals surface area contributed by atoms with Gasteiger partial charge in [0.15, 0.2) is 0 Å². The van der Waals surface area contributed by atoms with Crippen LogP contribution in [0.4, 0.5) is 0 Å². The highest BCUT2D eigenvalue weighted by molar-refractivity contribution is 6.31. The van der Waals surface area contributed by atoms with E-state index in [9.17, 15) is 0 Å². The van der Waals surface area contributed by atoms with Crippen LogP contribution in [0.15, 0.2) is 42.7 Å². The third-order valence-electron chi connectivity index (χ3n) is 3.99. The fraction of sp³-hybridized carbons (Fsp3) is 0.312. The number of halogens is 1. The van der Waals surface area contributed by atoms with Crippen LogP contribution in [0.5, 0.6) is 0 Å². The van der Waals surface area contributed by atoms with Gasteiger partial charge in [0.05, 0.1) is 5.02 Å². The highest BCUT2D eigenvalue weighted by Gasteiger charge is 2.31. The lowest BCUT2D eigenvalue weighted by atomic mass is 9.93. The van der Waals surface area contributed by atoms with Gasteiger partial charge in [-0.25, -0.2) is 0 Å². The van der Waals surface area contributed by atoms with E-state index in [1.165, 1.54) is 16.7 Å². The van der Waals surface area contributed by atoms with E-state index in [0.717, 1.165) is 17.9 Å². The van der Waals surface area contributed by atoms with Crippen molar-refractivity contribution in [1.29, 1.82) is 0 Å². The summed E-state index contributed by atoms with van der Waals surface area (Å²) in [5, 5.41) is 4.22. The molecule has 1 aromatic carbocycles. The smallest absolute Gasteiger partial charge is 0.0621 e. The summed E-state index contributed by atoms with van der Waals surface area (Å²) >= 11 is 6.22. The maximum atomic E-state index is 6.22. The summed E-state index contributed by atoms with van der Waals surface area (Å²) in [6.45, 7) is 0. The minimum Gasteiger partial charge on any atom is -0.313 e. The largest absolute Gasteiger partial charge is 0.313 e. The zero-order valence-corrected chi connectivity index (χ0v) is 11.7. The number of benzene rings is 1. The summed E-state index contributed by atoms with van der Waals surface area (Å²) in [7, 11) is 2.04. The monoisotopic (exact) mass is 272 g/mol. The molecule has 1 aromatic heterocycles. The number of pyridine rings is 1. The Labute approximate surface area is 118 Å². The molecule has 0 fully saturated rings. The molecule has 2 atom stereocenters. The van der Waals surface area contributed by atoms with E-state index in [-0.39, 0.29) is 0 Å². The summed E-state index contributed by atoms with van der Waals surface area (Å²) in [6.07, 6.45) is 5.65. The minimum absolute atomic E-state index is 0.417. The molecule has 3 heteroatoms. The zero-order valence-electron chi connectivity index (χ0n) is 10.9. The maximum absolute atomic E-state index is 6.22. The van der Waals surface area contributed by atoms with Crippen LogP contribution in [0.3, 0.4) is 0 Å². The van der Waals surface area contributed by atoms with E-state index < -0.39 is 0 Å².